The number of para-hydroxylation sites is 1. The average molecular weight is 377 g/mol. The number of likely N-dealkylation sites (tertiary alicyclic amines) is 1. The quantitative estimate of drug-likeness (QED) is 0.396. The van der Waals surface area contributed by atoms with Crippen LogP contribution in [0.15, 0.2) is 54.7 Å². The molecule has 4 rings (SSSR count). The van der Waals surface area contributed by atoms with Gasteiger partial charge in [-0.2, -0.15) is 0 Å². The van der Waals surface area contributed by atoms with Crippen molar-refractivity contribution in [2.75, 3.05) is 13.1 Å². The van der Waals surface area contributed by atoms with Gasteiger partial charge in [-0.25, -0.2) is 0 Å². The summed E-state index contributed by atoms with van der Waals surface area (Å²) in [6.07, 6.45) is 6.49. The van der Waals surface area contributed by atoms with Crippen LogP contribution in [0.2, 0.25) is 0 Å². The average Bonchev–Trinajstić information content (AvgIpc) is 3.16. The Morgan fingerprint density at radius 2 is 1.86 bits per heavy atom. The van der Waals surface area contributed by atoms with E-state index in [1.54, 1.807) is 23.1 Å². The molecule has 142 valence electrons. The van der Waals surface area contributed by atoms with Gasteiger partial charge in [0.2, 0.25) is 5.91 Å². The highest BCUT2D eigenvalue weighted by Crippen LogP contribution is 2.27. The zero-order chi connectivity index (χ0) is 19.5. The Hall–Kier alpha value is -3.55. The summed E-state index contributed by atoms with van der Waals surface area (Å²) in [6, 6.07) is 12.2. The van der Waals surface area contributed by atoms with E-state index in [0.29, 0.717) is 18.7 Å². The third-order valence-electron chi connectivity index (χ3n) is 5.05. The number of piperidine rings is 1. The number of benzene rings is 1. The summed E-state index contributed by atoms with van der Waals surface area (Å²) in [7, 11) is 0. The predicted octanol–water partition coefficient (Wildman–Crippen LogP) is 3.06. The van der Waals surface area contributed by atoms with Crippen LogP contribution in [-0.4, -0.2) is 43.4 Å². The lowest BCUT2D eigenvalue weighted by Crippen LogP contribution is -2.37. The molecule has 1 aliphatic rings. The first-order valence-electron chi connectivity index (χ1n) is 9.13. The first-order valence-corrected chi connectivity index (χ1v) is 9.13. The third-order valence-corrected chi connectivity index (χ3v) is 5.05. The lowest BCUT2D eigenvalue weighted by atomic mass is 9.96. The van der Waals surface area contributed by atoms with Crippen molar-refractivity contribution in [1.82, 2.24) is 19.5 Å². The van der Waals surface area contributed by atoms with E-state index in [-0.39, 0.29) is 17.5 Å². The maximum atomic E-state index is 12.5. The number of carbonyl (C=O) groups is 1. The Kier molecular flexibility index (Phi) is 4.84. The van der Waals surface area contributed by atoms with Gasteiger partial charge in [-0.15, -0.1) is 10.2 Å². The number of aromatic nitrogens is 3. The molecule has 3 heterocycles. The molecule has 0 saturated carbocycles. The van der Waals surface area contributed by atoms with Gasteiger partial charge in [0, 0.05) is 37.3 Å². The van der Waals surface area contributed by atoms with Gasteiger partial charge in [0.1, 0.15) is 5.82 Å². The van der Waals surface area contributed by atoms with Crippen molar-refractivity contribution in [3.63, 3.8) is 0 Å². The molecule has 0 aliphatic carbocycles. The first kappa shape index (κ1) is 17.8. The Bertz CT molecular complexity index is 1050. The number of nitrogens with zero attached hydrogens (tertiary/aromatic N) is 5. The van der Waals surface area contributed by atoms with E-state index in [1.165, 1.54) is 18.2 Å². The largest absolute Gasteiger partial charge is 0.339 e. The van der Waals surface area contributed by atoms with E-state index in [2.05, 4.69) is 10.2 Å². The molecular formula is C20H19N5O3. The lowest BCUT2D eigenvalue weighted by molar-refractivity contribution is -0.385. The molecule has 8 nitrogen and oxygen atoms in total. The summed E-state index contributed by atoms with van der Waals surface area (Å²) in [5, 5.41) is 19.6. The highest BCUT2D eigenvalue weighted by atomic mass is 16.6. The minimum atomic E-state index is -0.446. The molecular weight excluding hydrogens is 358 g/mol. The maximum Gasteiger partial charge on any atom is 0.276 e. The number of rotatable bonds is 4. The van der Waals surface area contributed by atoms with Crippen LogP contribution >= 0.6 is 0 Å². The van der Waals surface area contributed by atoms with Gasteiger partial charge in [0.25, 0.3) is 5.69 Å². The Labute approximate surface area is 161 Å². The predicted molar refractivity (Wildman–Crippen MR) is 104 cm³/mol. The van der Waals surface area contributed by atoms with Gasteiger partial charge in [-0.3, -0.25) is 19.3 Å². The molecule has 1 saturated heterocycles. The van der Waals surface area contributed by atoms with Crippen LogP contribution in [0.3, 0.4) is 0 Å². The molecule has 1 aromatic carbocycles. The van der Waals surface area contributed by atoms with E-state index >= 15 is 0 Å². The van der Waals surface area contributed by atoms with E-state index in [9.17, 15) is 14.9 Å². The second-order valence-corrected chi connectivity index (χ2v) is 6.74. The molecule has 1 aliphatic heterocycles. The minimum absolute atomic E-state index is 0.0102. The maximum absolute atomic E-state index is 12.5. The first-order chi connectivity index (χ1) is 13.6. The van der Waals surface area contributed by atoms with Gasteiger partial charge in [0.05, 0.1) is 10.5 Å². The Morgan fingerprint density at radius 1 is 1.11 bits per heavy atom. The second kappa shape index (κ2) is 7.59. The van der Waals surface area contributed by atoms with Crippen molar-refractivity contribution < 1.29 is 9.72 Å². The number of hydrogen-bond acceptors (Lipinski definition) is 5. The zero-order valence-electron chi connectivity index (χ0n) is 15.1. The summed E-state index contributed by atoms with van der Waals surface area (Å²) < 4.78 is 2.00. The molecule has 3 aromatic rings. The zero-order valence-corrected chi connectivity index (χ0v) is 15.1. The molecule has 0 N–H and O–H groups in total. The number of hydrogen-bond donors (Lipinski definition) is 0. The smallest absolute Gasteiger partial charge is 0.276 e. The van der Waals surface area contributed by atoms with Crippen LogP contribution in [-0.2, 0) is 4.79 Å². The van der Waals surface area contributed by atoms with Gasteiger partial charge in [-0.1, -0.05) is 18.2 Å². The number of nitro benzene ring substituents is 1. The van der Waals surface area contributed by atoms with Crippen molar-refractivity contribution in [3.05, 3.63) is 76.2 Å². The SMILES string of the molecule is O=C(/C=C/c1ccccc1[N+](=O)[O-])N1CCC(c2nnc3ccccn23)CC1. The summed E-state index contributed by atoms with van der Waals surface area (Å²) in [5.74, 6) is 1.04. The number of fused-ring (bicyclic) bond motifs is 1. The van der Waals surface area contributed by atoms with E-state index < -0.39 is 4.92 Å². The fourth-order valence-corrected chi connectivity index (χ4v) is 3.56. The summed E-state index contributed by atoms with van der Waals surface area (Å²) in [6.45, 7) is 1.24. The minimum Gasteiger partial charge on any atom is -0.339 e. The second-order valence-electron chi connectivity index (χ2n) is 6.74. The van der Waals surface area contributed by atoms with Gasteiger partial charge < -0.3 is 4.90 Å². The summed E-state index contributed by atoms with van der Waals surface area (Å²) >= 11 is 0. The van der Waals surface area contributed by atoms with Gasteiger partial charge in [0.15, 0.2) is 5.65 Å². The van der Waals surface area contributed by atoms with Crippen LogP contribution in [0.4, 0.5) is 5.69 Å². The molecule has 0 bridgehead atoms. The molecule has 1 amide bonds. The number of nitro groups is 1. The van der Waals surface area contributed by atoms with E-state index in [1.807, 2.05) is 28.8 Å². The highest BCUT2D eigenvalue weighted by Gasteiger charge is 2.26. The van der Waals surface area contributed by atoms with Crippen molar-refractivity contribution >= 4 is 23.3 Å². The topological polar surface area (TPSA) is 93.6 Å². The molecule has 0 atom stereocenters. The molecule has 1 fully saturated rings. The molecule has 0 radical (unpaired) electrons. The standard InChI is InChI=1S/C20H19N5O3/c26-19(9-8-15-5-1-2-6-17(15)25(27)28)23-13-10-16(11-14-23)20-22-21-18-7-3-4-12-24(18)20/h1-9,12,16H,10-11,13-14H2/b9-8+. The third kappa shape index (κ3) is 3.48. The Balaban J connectivity index is 1.41. The number of pyridine rings is 1. The number of amides is 1. The van der Waals surface area contributed by atoms with Crippen molar-refractivity contribution in [2.24, 2.45) is 0 Å². The van der Waals surface area contributed by atoms with Crippen LogP contribution in [0.25, 0.3) is 11.7 Å². The van der Waals surface area contributed by atoms with Crippen LogP contribution in [0.1, 0.15) is 30.1 Å². The molecule has 8 heteroatoms. The lowest BCUT2D eigenvalue weighted by Gasteiger charge is -2.30. The summed E-state index contributed by atoms with van der Waals surface area (Å²) in [5.41, 5.74) is 1.23. The van der Waals surface area contributed by atoms with Crippen molar-refractivity contribution in [2.45, 2.75) is 18.8 Å². The van der Waals surface area contributed by atoms with Crippen molar-refractivity contribution in [1.29, 1.82) is 0 Å². The van der Waals surface area contributed by atoms with Crippen LogP contribution in [0.5, 0.6) is 0 Å². The van der Waals surface area contributed by atoms with Crippen molar-refractivity contribution in [3.8, 4) is 0 Å². The number of carbonyl (C=O) groups excluding carboxylic acids is 1. The van der Waals surface area contributed by atoms with Gasteiger partial charge >= 0.3 is 0 Å². The van der Waals surface area contributed by atoms with Crippen LogP contribution in [0, 0.1) is 10.1 Å². The van der Waals surface area contributed by atoms with E-state index in [0.717, 1.165) is 24.3 Å². The van der Waals surface area contributed by atoms with Crippen LogP contribution < -0.4 is 0 Å². The fraction of sp³-hybridized carbons (Fsp3) is 0.250. The molecule has 28 heavy (non-hydrogen) atoms. The highest BCUT2D eigenvalue weighted by molar-refractivity contribution is 5.92. The summed E-state index contributed by atoms with van der Waals surface area (Å²) in [4.78, 5) is 24.9. The molecule has 2 aromatic heterocycles. The fourth-order valence-electron chi connectivity index (χ4n) is 3.56. The molecule has 0 unspecified atom stereocenters. The molecule has 0 spiro atoms. The van der Waals surface area contributed by atoms with Gasteiger partial charge in [-0.05, 0) is 37.1 Å². The normalized spacial score (nSPS) is 15.4. The Morgan fingerprint density at radius 3 is 2.64 bits per heavy atom. The monoisotopic (exact) mass is 377 g/mol. The van der Waals surface area contributed by atoms with E-state index in [4.69, 9.17) is 0 Å².